The summed E-state index contributed by atoms with van der Waals surface area (Å²) < 4.78 is 0. The molecule has 1 aliphatic rings. The minimum absolute atomic E-state index is 0.875. The zero-order valence-electron chi connectivity index (χ0n) is 10.6. The third-order valence-corrected chi connectivity index (χ3v) is 4.18. The molecule has 94 valence electrons. The SMILES string of the molecule is Cc1ccc(CNCCC2CCCC2)cc1Cl. The van der Waals surface area contributed by atoms with E-state index >= 15 is 0 Å². The maximum absolute atomic E-state index is 6.10. The van der Waals surface area contributed by atoms with Crippen molar-refractivity contribution in [1.82, 2.24) is 5.32 Å². The molecule has 1 aromatic rings. The van der Waals surface area contributed by atoms with E-state index in [0.29, 0.717) is 0 Å². The number of benzene rings is 1. The van der Waals surface area contributed by atoms with E-state index in [-0.39, 0.29) is 0 Å². The van der Waals surface area contributed by atoms with Gasteiger partial charge in [0.15, 0.2) is 0 Å². The molecule has 0 unspecified atom stereocenters. The van der Waals surface area contributed by atoms with Crippen LogP contribution in [0.15, 0.2) is 18.2 Å². The van der Waals surface area contributed by atoms with E-state index in [0.717, 1.165) is 29.6 Å². The van der Waals surface area contributed by atoms with Crippen LogP contribution in [0.3, 0.4) is 0 Å². The van der Waals surface area contributed by atoms with Gasteiger partial charge in [0.2, 0.25) is 0 Å². The molecule has 0 amide bonds. The number of halogens is 1. The molecule has 0 radical (unpaired) electrons. The summed E-state index contributed by atoms with van der Waals surface area (Å²) in [6.07, 6.45) is 7.10. The highest BCUT2D eigenvalue weighted by Crippen LogP contribution is 2.26. The first-order valence-electron chi connectivity index (χ1n) is 6.71. The lowest BCUT2D eigenvalue weighted by atomic mass is 10.0. The lowest BCUT2D eigenvalue weighted by molar-refractivity contribution is 0.477. The molecule has 0 atom stereocenters. The lowest BCUT2D eigenvalue weighted by Gasteiger charge is -2.10. The molecule has 0 saturated heterocycles. The molecule has 1 nitrogen and oxygen atoms in total. The van der Waals surface area contributed by atoms with E-state index in [1.54, 1.807) is 0 Å². The minimum Gasteiger partial charge on any atom is -0.313 e. The normalized spacial score (nSPS) is 16.6. The van der Waals surface area contributed by atoms with E-state index in [1.165, 1.54) is 37.7 Å². The Hall–Kier alpha value is -0.530. The van der Waals surface area contributed by atoms with Crippen molar-refractivity contribution in [2.75, 3.05) is 6.54 Å². The van der Waals surface area contributed by atoms with E-state index in [9.17, 15) is 0 Å². The topological polar surface area (TPSA) is 12.0 Å². The van der Waals surface area contributed by atoms with Gasteiger partial charge >= 0.3 is 0 Å². The maximum atomic E-state index is 6.10. The van der Waals surface area contributed by atoms with Gasteiger partial charge in [0, 0.05) is 11.6 Å². The monoisotopic (exact) mass is 251 g/mol. The second kappa shape index (κ2) is 6.42. The fourth-order valence-corrected chi connectivity index (χ4v) is 2.79. The summed E-state index contributed by atoms with van der Waals surface area (Å²) in [5.41, 5.74) is 2.44. The lowest BCUT2D eigenvalue weighted by Crippen LogP contribution is -2.17. The third-order valence-electron chi connectivity index (χ3n) is 3.77. The van der Waals surface area contributed by atoms with Gasteiger partial charge in [0.1, 0.15) is 0 Å². The van der Waals surface area contributed by atoms with Gasteiger partial charge in [0.05, 0.1) is 0 Å². The Bertz CT molecular complexity index is 356. The van der Waals surface area contributed by atoms with Gasteiger partial charge in [-0.15, -0.1) is 0 Å². The van der Waals surface area contributed by atoms with Crippen molar-refractivity contribution in [3.63, 3.8) is 0 Å². The summed E-state index contributed by atoms with van der Waals surface area (Å²) in [5, 5.41) is 4.39. The highest BCUT2D eigenvalue weighted by Gasteiger charge is 2.13. The molecule has 0 aromatic heterocycles. The molecular weight excluding hydrogens is 230 g/mol. The van der Waals surface area contributed by atoms with Crippen LogP contribution in [0.5, 0.6) is 0 Å². The predicted octanol–water partition coefficient (Wildman–Crippen LogP) is 4.32. The van der Waals surface area contributed by atoms with Crippen LogP contribution < -0.4 is 5.32 Å². The first kappa shape index (κ1) is 12.9. The number of hydrogen-bond acceptors (Lipinski definition) is 1. The molecule has 2 rings (SSSR count). The van der Waals surface area contributed by atoms with Gasteiger partial charge in [-0.25, -0.2) is 0 Å². The summed E-state index contributed by atoms with van der Waals surface area (Å²) in [5.74, 6) is 0.976. The van der Waals surface area contributed by atoms with Crippen molar-refractivity contribution < 1.29 is 0 Å². The third kappa shape index (κ3) is 4.01. The van der Waals surface area contributed by atoms with Gasteiger partial charge < -0.3 is 5.32 Å². The number of rotatable bonds is 5. The highest BCUT2D eigenvalue weighted by molar-refractivity contribution is 6.31. The summed E-state index contributed by atoms with van der Waals surface area (Å²) in [4.78, 5) is 0. The van der Waals surface area contributed by atoms with E-state index < -0.39 is 0 Å². The van der Waals surface area contributed by atoms with E-state index in [4.69, 9.17) is 11.6 Å². The van der Waals surface area contributed by atoms with Crippen molar-refractivity contribution in [3.8, 4) is 0 Å². The molecule has 0 heterocycles. The predicted molar refractivity (Wildman–Crippen MR) is 74.5 cm³/mol. The van der Waals surface area contributed by atoms with Crippen LogP contribution >= 0.6 is 11.6 Å². The van der Waals surface area contributed by atoms with Crippen LogP contribution in [0.1, 0.15) is 43.2 Å². The van der Waals surface area contributed by atoms with Crippen molar-refractivity contribution in [3.05, 3.63) is 34.3 Å². The first-order chi connectivity index (χ1) is 8.25. The van der Waals surface area contributed by atoms with Gasteiger partial charge in [-0.3, -0.25) is 0 Å². The molecule has 1 fully saturated rings. The van der Waals surface area contributed by atoms with Crippen LogP contribution in [-0.2, 0) is 6.54 Å². The fourth-order valence-electron chi connectivity index (χ4n) is 2.58. The Kier molecular flexibility index (Phi) is 4.87. The van der Waals surface area contributed by atoms with Crippen LogP contribution in [0.2, 0.25) is 5.02 Å². The zero-order valence-corrected chi connectivity index (χ0v) is 11.4. The average molecular weight is 252 g/mol. The molecule has 1 aliphatic carbocycles. The standard InChI is InChI=1S/C15H22ClN/c1-12-6-7-14(10-15(12)16)11-17-9-8-13-4-2-3-5-13/h6-7,10,13,17H,2-5,8-9,11H2,1H3. The van der Waals surface area contributed by atoms with E-state index in [2.05, 4.69) is 23.5 Å². The van der Waals surface area contributed by atoms with Crippen molar-refractivity contribution in [1.29, 1.82) is 0 Å². The molecular formula is C15H22ClN. The molecule has 1 aromatic carbocycles. The maximum Gasteiger partial charge on any atom is 0.0438 e. The molecule has 0 aliphatic heterocycles. The molecule has 1 saturated carbocycles. The second-order valence-corrected chi connectivity index (χ2v) is 5.61. The smallest absolute Gasteiger partial charge is 0.0438 e. The van der Waals surface area contributed by atoms with Crippen LogP contribution in [-0.4, -0.2) is 6.54 Å². The highest BCUT2D eigenvalue weighted by atomic mass is 35.5. The summed E-state index contributed by atoms with van der Waals surface area (Å²) >= 11 is 6.10. The summed E-state index contributed by atoms with van der Waals surface area (Å²) in [6, 6.07) is 6.32. The number of hydrogen-bond donors (Lipinski definition) is 1. The van der Waals surface area contributed by atoms with Gasteiger partial charge in [0.25, 0.3) is 0 Å². The molecule has 0 bridgehead atoms. The molecule has 1 N–H and O–H groups in total. The molecule has 0 spiro atoms. The molecule has 2 heteroatoms. The van der Waals surface area contributed by atoms with Gasteiger partial charge in [-0.1, -0.05) is 49.4 Å². The Labute approximate surface area is 110 Å². The average Bonchev–Trinajstić information content (AvgIpc) is 2.82. The Morgan fingerprint density at radius 1 is 1.29 bits per heavy atom. The number of aryl methyl sites for hydroxylation is 1. The first-order valence-corrected chi connectivity index (χ1v) is 7.09. The summed E-state index contributed by atoms with van der Waals surface area (Å²) in [6.45, 7) is 4.11. The van der Waals surface area contributed by atoms with Crippen LogP contribution in [0.25, 0.3) is 0 Å². The van der Waals surface area contributed by atoms with E-state index in [1.807, 2.05) is 6.92 Å². The van der Waals surface area contributed by atoms with Gasteiger partial charge in [-0.2, -0.15) is 0 Å². The van der Waals surface area contributed by atoms with Crippen molar-refractivity contribution in [2.24, 2.45) is 5.92 Å². The fraction of sp³-hybridized carbons (Fsp3) is 0.600. The van der Waals surface area contributed by atoms with Crippen molar-refractivity contribution >= 4 is 11.6 Å². The Morgan fingerprint density at radius 3 is 2.76 bits per heavy atom. The number of nitrogens with one attached hydrogen (secondary N) is 1. The van der Waals surface area contributed by atoms with Crippen LogP contribution in [0.4, 0.5) is 0 Å². The Balaban J connectivity index is 1.68. The van der Waals surface area contributed by atoms with Gasteiger partial charge in [-0.05, 0) is 43.0 Å². The van der Waals surface area contributed by atoms with Crippen molar-refractivity contribution in [2.45, 2.75) is 45.6 Å². The largest absolute Gasteiger partial charge is 0.313 e. The summed E-state index contributed by atoms with van der Waals surface area (Å²) in [7, 11) is 0. The molecule has 17 heavy (non-hydrogen) atoms. The minimum atomic E-state index is 0.875. The Morgan fingerprint density at radius 2 is 2.06 bits per heavy atom. The van der Waals surface area contributed by atoms with Crippen LogP contribution in [0, 0.1) is 12.8 Å². The zero-order chi connectivity index (χ0) is 12.1. The quantitative estimate of drug-likeness (QED) is 0.769. The second-order valence-electron chi connectivity index (χ2n) is 5.20.